The van der Waals surface area contributed by atoms with Gasteiger partial charge in [-0.3, -0.25) is 19.3 Å². The molecule has 5 atom stereocenters. The number of nitrogens with one attached hydrogen (secondary N) is 1. The number of fused-ring (bicyclic) bond motifs is 5. The molecule has 29 heavy (non-hydrogen) atoms. The van der Waals surface area contributed by atoms with Crippen molar-refractivity contribution in [3.63, 3.8) is 0 Å². The zero-order chi connectivity index (χ0) is 20.9. The van der Waals surface area contributed by atoms with Crippen LogP contribution < -0.4 is 5.32 Å². The van der Waals surface area contributed by atoms with E-state index in [9.17, 15) is 19.2 Å². The standard InChI is InChI=1S/C22H26N2O5/c1-11-5-4-6-16(12(11)2)23-17(25)10-29-22(28)13(3)24-20(26)18-14-7-8-15(9-14)19(18)21(24)27/h4-6,13-15,18-19H,7-10H2,1-3H3,(H,23,25)/t13-,14-,15-,18-,19-/m0/s1. The highest BCUT2D eigenvalue weighted by atomic mass is 16.5. The van der Waals surface area contributed by atoms with Crippen molar-refractivity contribution in [1.82, 2.24) is 4.90 Å². The minimum absolute atomic E-state index is 0.253. The summed E-state index contributed by atoms with van der Waals surface area (Å²) in [5.41, 5.74) is 2.64. The van der Waals surface area contributed by atoms with Crippen molar-refractivity contribution in [2.75, 3.05) is 11.9 Å². The summed E-state index contributed by atoms with van der Waals surface area (Å²) in [5.74, 6) is -1.74. The Balaban J connectivity index is 1.35. The molecule has 4 rings (SSSR count). The molecule has 0 aromatic heterocycles. The summed E-state index contributed by atoms with van der Waals surface area (Å²) >= 11 is 0. The molecule has 3 aliphatic rings. The topological polar surface area (TPSA) is 92.8 Å². The van der Waals surface area contributed by atoms with E-state index in [1.165, 1.54) is 6.92 Å². The lowest BCUT2D eigenvalue weighted by Gasteiger charge is -2.23. The van der Waals surface area contributed by atoms with Crippen LogP contribution in [0.4, 0.5) is 5.69 Å². The maximum atomic E-state index is 12.8. The Morgan fingerprint density at radius 2 is 1.76 bits per heavy atom. The molecule has 1 aromatic carbocycles. The van der Waals surface area contributed by atoms with Crippen LogP contribution in [-0.4, -0.2) is 41.2 Å². The van der Waals surface area contributed by atoms with Gasteiger partial charge in [-0.05, 0) is 69.1 Å². The zero-order valence-corrected chi connectivity index (χ0v) is 16.9. The molecule has 1 saturated heterocycles. The number of carbonyl (C=O) groups is 4. The Hall–Kier alpha value is -2.70. The summed E-state index contributed by atoms with van der Waals surface area (Å²) < 4.78 is 5.11. The highest BCUT2D eigenvalue weighted by Gasteiger charge is 2.62. The van der Waals surface area contributed by atoms with E-state index >= 15 is 0 Å². The van der Waals surface area contributed by atoms with Crippen LogP contribution in [-0.2, 0) is 23.9 Å². The lowest BCUT2D eigenvalue weighted by molar-refractivity contribution is -0.159. The molecule has 2 bridgehead atoms. The molecule has 2 aliphatic carbocycles. The van der Waals surface area contributed by atoms with Crippen LogP contribution in [0, 0.1) is 37.5 Å². The van der Waals surface area contributed by atoms with Gasteiger partial charge in [-0.1, -0.05) is 12.1 Å². The second-order valence-electron chi connectivity index (χ2n) is 8.51. The molecular formula is C22H26N2O5. The number of carbonyl (C=O) groups excluding carboxylic acids is 4. The Labute approximate surface area is 169 Å². The molecule has 1 aromatic rings. The van der Waals surface area contributed by atoms with Crippen molar-refractivity contribution in [2.24, 2.45) is 23.7 Å². The van der Waals surface area contributed by atoms with Crippen molar-refractivity contribution in [3.8, 4) is 0 Å². The lowest BCUT2D eigenvalue weighted by atomic mass is 9.81. The average molecular weight is 398 g/mol. The van der Waals surface area contributed by atoms with Crippen molar-refractivity contribution < 1.29 is 23.9 Å². The van der Waals surface area contributed by atoms with Gasteiger partial charge in [0.1, 0.15) is 6.04 Å². The molecule has 3 fully saturated rings. The quantitative estimate of drug-likeness (QED) is 0.606. The molecule has 0 radical (unpaired) electrons. The van der Waals surface area contributed by atoms with E-state index in [4.69, 9.17) is 4.74 Å². The fourth-order valence-corrected chi connectivity index (χ4v) is 5.25. The number of hydrogen-bond donors (Lipinski definition) is 1. The third-order valence-corrected chi connectivity index (χ3v) is 6.91. The predicted octanol–water partition coefficient (Wildman–Crippen LogP) is 2.20. The fourth-order valence-electron chi connectivity index (χ4n) is 5.25. The first-order chi connectivity index (χ1) is 13.8. The number of likely N-dealkylation sites (tertiary alicyclic amines) is 1. The van der Waals surface area contributed by atoms with Gasteiger partial charge >= 0.3 is 5.97 Å². The Bertz CT molecular complexity index is 867. The van der Waals surface area contributed by atoms with E-state index in [0.29, 0.717) is 5.69 Å². The van der Waals surface area contributed by atoms with Crippen molar-refractivity contribution in [2.45, 2.75) is 46.1 Å². The van der Waals surface area contributed by atoms with Gasteiger partial charge < -0.3 is 10.1 Å². The minimum atomic E-state index is -1.02. The van der Waals surface area contributed by atoms with E-state index < -0.39 is 24.5 Å². The van der Waals surface area contributed by atoms with Crippen molar-refractivity contribution in [3.05, 3.63) is 29.3 Å². The summed E-state index contributed by atoms with van der Waals surface area (Å²) in [6.07, 6.45) is 2.91. The summed E-state index contributed by atoms with van der Waals surface area (Å²) in [7, 11) is 0. The second-order valence-corrected chi connectivity index (χ2v) is 8.51. The monoisotopic (exact) mass is 398 g/mol. The first-order valence-electron chi connectivity index (χ1n) is 10.2. The fraction of sp³-hybridized carbons (Fsp3) is 0.545. The average Bonchev–Trinajstić information content (AvgIpc) is 3.37. The van der Waals surface area contributed by atoms with Gasteiger partial charge in [0.2, 0.25) is 11.8 Å². The first-order valence-corrected chi connectivity index (χ1v) is 10.2. The van der Waals surface area contributed by atoms with Crippen LogP contribution >= 0.6 is 0 Å². The van der Waals surface area contributed by atoms with E-state index in [0.717, 1.165) is 35.3 Å². The number of hydrogen-bond acceptors (Lipinski definition) is 5. The van der Waals surface area contributed by atoms with Crippen molar-refractivity contribution >= 4 is 29.4 Å². The van der Waals surface area contributed by atoms with E-state index in [-0.39, 0.29) is 35.5 Å². The molecule has 1 aliphatic heterocycles. The van der Waals surface area contributed by atoms with Gasteiger partial charge in [0.05, 0.1) is 11.8 Å². The number of aryl methyl sites for hydroxylation is 1. The second kappa shape index (κ2) is 7.28. The summed E-state index contributed by atoms with van der Waals surface area (Å²) in [5, 5.41) is 2.72. The molecule has 0 unspecified atom stereocenters. The third kappa shape index (κ3) is 3.22. The van der Waals surface area contributed by atoms with Crippen molar-refractivity contribution in [1.29, 1.82) is 0 Å². The van der Waals surface area contributed by atoms with Crippen LogP contribution in [0.3, 0.4) is 0 Å². The maximum Gasteiger partial charge on any atom is 0.329 e. The molecular weight excluding hydrogens is 372 g/mol. The van der Waals surface area contributed by atoms with Crippen LogP contribution in [0.1, 0.15) is 37.3 Å². The Kier molecular flexibility index (Phi) is 4.92. The minimum Gasteiger partial charge on any atom is -0.454 e. The number of anilines is 1. The van der Waals surface area contributed by atoms with E-state index in [2.05, 4.69) is 5.32 Å². The Morgan fingerprint density at radius 1 is 1.14 bits per heavy atom. The van der Waals surface area contributed by atoms with E-state index in [1.54, 1.807) is 6.07 Å². The largest absolute Gasteiger partial charge is 0.454 e. The highest BCUT2D eigenvalue weighted by Crippen LogP contribution is 2.56. The molecule has 2 saturated carbocycles. The van der Waals surface area contributed by atoms with E-state index in [1.807, 2.05) is 26.0 Å². The van der Waals surface area contributed by atoms with Gasteiger partial charge in [0.25, 0.3) is 5.91 Å². The summed E-state index contributed by atoms with van der Waals surface area (Å²) in [6.45, 7) is 4.86. The number of rotatable bonds is 5. The number of benzene rings is 1. The van der Waals surface area contributed by atoms with Gasteiger partial charge in [-0.15, -0.1) is 0 Å². The molecule has 1 N–H and O–H groups in total. The predicted molar refractivity (Wildman–Crippen MR) is 105 cm³/mol. The van der Waals surface area contributed by atoms with Crippen LogP contribution in [0.5, 0.6) is 0 Å². The van der Waals surface area contributed by atoms with Gasteiger partial charge in [-0.25, -0.2) is 4.79 Å². The van der Waals surface area contributed by atoms with Gasteiger partial charge in [0.15, 0.2) is 6.61 Å². The maximum absolute atomic E-state index is 12.8. The van der Waals surface area contributed by atoms with Gasteiger partial charge in [0, 0.05) is 5.69 Å². The Morgan fingerprint density at radius 3 is 2.38 bits per heavy atom. The zero-order valence-electron chi connectivity index (χ0n) is 16.9. The SMILES string of the molecule is Cc1cccc(NC(=O)COC(=O)[C@H](C)N2C(=O)[C@H]3[C@H]4CC[C@@H](C4)[C@@H]3C2=O)c1C. The molecule has 1 heterocycles. The van der Waals surface area contributed by atoms with Crippen LogP contribution in [0.15, 0.2) is 18.2 Å². The molecule has 3 amide bonds. The molecule has 7 heteroatoms. The van der Waals surface area contributed by atoms with Gasteiger partial charge in [-0.2, -0.15) is 0 Å². The third-order valence-electron chi connectivity index (χ3n) is 6.91. The number of amides is 3. The summed E-state index contributed by atoms with van der Waals surface area (Å²) in [4.78, 5) is 51.3. The summed E-state index contributed by atoms with van der Waals surface area (Å²) in [6, 6.07) is 4.53. The van der Waals surface area contributed by atoms with Crippen LogP contribution in [0.25, 0.3) is 0 Å². The molecule has 7 nitrogen and oxygen atoms in total. The lowest BCUT2D eigenvalue weighted by Crippen LogP contribution is -2.45. The normalized spacial score (nSPS) is 28.4. The number of imide groups is 1. The van der Waals surface area contributed by atoms with Crippen LogP contribution in [0.2, 0.25) is 0 Å². The molecule has 154 valence electrons. The molecule has 0 spiro atoms. The number of nitrogens with zero attached hydrogens (tertiary/aromatic N) is 1. The first kappa shape index (κ1) is 19.6. The number of esters is 1. The smallest absolute Gasteiger partial charge is 0.329 e. The number of ether oxygens (including phenoxy) is 1. The highest BCUT2D eigenvalue weighted by molar-refractivity contribution is 6.08.